The Balaban J connectivity index is 1.10. The Morgan fingerprint density at radius 2 is 1.68 bits per heavy atom. The predicted octanol–water partition coefficient (Wildman–Crippen LogP) is 3.68. The zero-order valence-corrected chi connectivity index (χ0v) is 24.5. The normalized spacial score (nSPS) is 22.0. The summed E-state index contributed by atoms with van der Waals surface area (Å²) in [6, 6.07) is 13.4. The molecular weight excluding hydrogens is 516 g/mol. The number of likely N-dealkylation sites (N-methyl/N-ethyl adjacent to an activating group) is 1. The molecule has 6 rings (SSSR count). The number of para-hydroxylation sites is 1. The summed E-state index contributed by atoms with van der Waals surface area (Å²) in [4.78, 5) is 56.8. The van der Waals surface area contributed by atoms with Gasteiger partial charge in [0.1, 0.15) is 5.69 Å². The fourth-order valence-corrected chi connectivity index (χ4v) is 6.58. The number of piperazine rings is 2. The number of nitrogens with one attached hydrogen (secondary N) is 1. The molecule has 3 saturated heterocycles. The first-order valence-electron chi connectivity index (χ1n) is 14.7. The molecule has 9 heteroatoms. The Morgan fingerprint density at radius 3 is 2.32 bits per heavy atom. The Hall–Kier alpha value is -3.72. The van der Waals surface area contributed by atoms with Crippen molar-refractivity contribution in [1.82, 2.24) is 24.7 Å². The second-order valence-electron chi connectivity index (χ2n) is 13.0. The zero-order valence-electron chi connectivity index (χ0n) is 24.5. The Labute approximate surface area is 241 Å². The molecule has 41 heavy (non-hydrogen) atoms. The number of H-pyrrole nitrogens is 1. The van der Waals surface area contributed by atoms with Crippen molar-refractivity contribution in [3.05, 3.63) is 60.0 Å². The van der Waals surface area contributed by atoms with Gasteiger partial charge in [0.15, 0.2) is 5.78 Å². The summed E-state index contributed by atoms with van der Waals surface area (Å²) in [5, 5.41) is 0.986. The largest absolute Gasteiger partial charge is 0.368 e. The fourth-order valence-electron chi connectivity index (χ4n) is 6.58. The molecule has 3 atom stereocenters. The van der Waals surface area contributed by atoms with Crippen LogP contribution in [0.1, 0.15) is 54.6 Å². The van der Waals surface area contributed by atoms with Gasteiger partial charge in [0.25, 0.3) is 5.91 Å². The highest BCUT2D eigenvalue weighted by molar-refractivity contribution is 6.01. The number of carbonyl (C=O) groups excluding carboxylic acids is 3. The molecule has 5 heterocycles. The van der Waals surface area contributed by atoms with Gasteiger partial charge in [0, 0.05) is 56.6 Å². The van der Waals surface area contributed by atoms with Crippen LogP contribution in [0.3, 0.4) is 0 Å². The van der Waals surface area contributed by atoms with Crippen molar-refractivity contribution in [1.29, 1.82) is 0 Å². The molecule has 3 fully saturated rings. The molecule has 2 bridgehead atoms. The third-order valence-electron chi connectivity index (χ3n) is 9.18. The number of ketones is 1. The third-order valence-corrected chi connectivity index (χ3v) is 9.18. The molecule has 0 saturated carbocycles. The number of anilines is 1. The summed E-state index contributed by atoms with van der Waals surface area (Å²) in [6.45, 7) is 11.0. The summed E-state index contributed by atoms with van der Waals surface area (Å²) in [7, 11) is 2.13. The van der Waals surface area contributed by atoms with E-state index in [4.69, 9.17) is 0 Å². The molecule has 0 unspecified atom stereocenters. The minimum atomic E-state index is -0.450. The van der Waals surface area contributed by atoms with E-state index in [9.17, 15) is 14.4 Å². The number of benzene rings is 1. The zero-order chi connectivity index (χ0) is 28.9. The maximum absolute atomic E-state index is 13.9. The number of likely N-dealkylation sites (tertiary alicyclic amines) is 2. The Morgan fingerprint density at radius 1 is 0.976 bits per heavy atom. The summed E-state index contributed by atoms with van der Waals surface area (Å²) in [5.74, 6) is -0.567. The van der Waals surface area contributed by atoms with Gasteiger partial charge in [-0.15, -0.1) is 0 Å². The van der Waals surface area contributed by atoms with Crippen molar-refractivity contribution in [3.8, 4) is 0 Å². The average Bonchev–Trinajstić information content (AvgIpc) is 3.69. The van der Waals surface area contributed by atoms with E-state index < -0.39 is 5.92 Å². The lowest BCUT2D eigenvalue weighted by Gasteiger charge is -2.39. The molecule has 2 amide bonds. The summed E-state index contributed by atoms with van der Waals surface area (Å²) in [5.41, 5.74) is 2.57. The first-order chi connectivity index (χ1) is 19.6. The Kier molecular flexibility index (Phi) is 7.09. The first kappa shape index (κ1) is 27.4. The highest BCUT2D eigenvalue weighted by Gasteiger charge is 2.50. The number of aromatic nitrogens is 2. The number of hydrogen-bond donors (Lipinski definition) is 1. The lowest BCUT2D eigenvalue weighted by molar-refractivity contribution is -0.141. The van der Waals surface area contributed by atoms with E-state index in [0.717, 1.165) is 49.2 Å². The quantitative estimate of drug-likeness (QED) is 0.466. The standard InChI is InChI=1S/C32H40N6O3/c1-32(2,3)25(17-29(39)28-15-21-7-5-6-8-26(21)34-28)30(40)37-19-24-16-23(37)20-38(24)31(41)27-10-9-22(18-33-27)36-13-11-35(4)12-14-36/h5-10,15,18,23-25,34H,11-14,16-17,19-20H2,1-4H3/t23-,24-,25+/m0/s1. The molecule has 1 aromatic carbocycles. The van der Waals surface area contributed by atoms with E-state index in [-0.39, 0.29) is 41.5 Å². The smallest absolute Gasteiger partial charge is 0.272 e. The molecule has 9 nitrogen and oxygen atoms in total. The molecule has 0 spiro atoms. The van der Waals surface area contributed by atoms with Crippen LogP contribution >= 0.6 is 0 Å². The minimum Gasteiger partial charge on any atom is -0.368 e. The number of carbonyl (C=O) groups is 3. The van der Waals surface area contributed by atoms with Crippen molar-refractivity contribution in [2.24, 2.45) is 11.3 Å². The van der Waals surface area contributed by atoms with Gasteiger partial charge in [-0.25, -0.2) is 4.98 Å². The third kappa shape index (κ3) is 5.35. The average molecular weight is 557 g/mol. The molecule has 1 N–H and O–H groups in total. The van der Waals surface area contributed by atoms with Crippen LogP contribution in [0.25, 0.3) is 10.9 Å². The molecular formula is C32H40N6O3. The number of Topliss-reactive ketones (excluding diaryl/α,β-unsaturated/α-hetero) is 1. The van der Waals surface area contributed by atoms with E-state index in [1.54, 1.807) is 6.20 Å². The molecule has 216 valence electrons. The van der Waals surface area contributed by atoms with Gasteiger partial charge in [-0.3, -0.25) is 14.4 Å². The van der Waals surface area contributed by atoms with Crippen molar-refractivity contribution in [2.45, 2.75) is 45.7 Å². The monoisotopic (exact) mass is 556 g/mol. The second kappa shape index (κ2) is 10.6. The molecule has 0 aliphatic carbocycles. The van der Waals surface area contributed by atoms with Gasteiger partial charge < -0.3 is 24.6 Å². The number of nitrogens with zero attached hydrogens (tertiary/aromatic N) is 5. The van der Waals surface area contributed by atoms with Crippen molar-refractivity contribution >= 4 is 34.2 Å². The van der Waals surface area contributed by atoms with E-state index in [1.165, 1.54) is 0 Å². The molecule has 3 aliphatic heterocycles. The van der Waals surface area contributed by atoms with Gasteiger partial charge in [-0.1, -0.05) is 39.0 Å². The number of pyridine rings is 1. The lowest BCUT2D eigenvalue weighted by atomic mass is 9.76. The SMILES string of the molecule is CN1CCN(c2ccc(C(=O)N3C[C@@H]4C[C@H]3CN4C(=O)[C@@H](CC(=O)c3cc4ccccc4[nH]3)C(C)(C)C)nc2)CC1. The number of amides is 2. The van der Waals surface area contributed by atoms with Crippen LogP contribution in [0.2, 0.25) is 0 Å². The second-order valence-corrected chi connectivity index (χ2v) is 13.0. The van der Waals surface area contributed by atoms with Gasteiger partial charge in [-0.05, 0) is 43.1 Å². The van der Waals surface area contributed by atoms with E-state index >= 15 is 0 Å². The van der Waals surface area contributed by atoms with Crippen LogP contribution in [0.15, 0.2) is 48.7 Å². The maximum Gasteiger partial charge on any atom is 0.272 e. The lowest BCUT2D eigenvalue weighted by Crippen LogP contribution is -2.53. The van der Waals surface area contributed by atoms with Crippen molar-refractivity contribution in [2.75, 3.05) is 51.2 Å². The van der Waals surface area contributed by atoms with Crippen LogP contribution in [0.5, 0.6) is 0 Å². The van der Waals surface area contributed by atoms with Crippen LogP contribution in [-0.2, 0) is 4.79 Å². The van der Waals surface area contributed by atoms with Crippen LogP contribution in [0.4, 0.5) is 5.69 Å². The summed E-state index contributed by atoms with van der Waals surface area (Å²) >= 11 is 0. The topological polar surface area (TPSA) is 92.9 Å². The van der Waals surface area contributed by atoms with Crippen LogP contribution < -0.4 is 4.90 Å². The van der Waals surface area contributed by atoms with E-state index in [2.05, 4.69) is 26.8 Å². The molecule has 3 aromatic rings. The van der Waals surface area contributed by atoms with Crippen molar-refractivity contribution < 1.29 is 14.4 Å². The molecule has 0 radical (unpaired) electrons. The summed E-state index contributed by atoms with van der Waals surface area (Å²) < 4.78 is 0. The highest BCUT2D eigenvalue weighted by Crippen LogP contribution is 2.38. The van der Waals surface area contributed by atoms with Gasteiger partial charge in [-0.2, -0.15) is 0 Å². The van der Waals surface area contributed by atoms with Crippen LogP contribution in [0, 0.1) is 11.3 Å². The van der Waals surface area contributed by atoms with Crippen molar-refractivity contribution in [3.63, 3.8) is 0 Å². The summed E-state index contributed by atoms with van der Waals surface area (Å²) in [6.07, 6.45) is 2.72. The molecule has 3 aliphatic rings. The number of aromatic amines is 1. The van der Waals surface area contributed by atoms with Gasteiger partial charge in [0.05, 0.1) is 35.6 Å². The minimum absolute atomic E-state index is 0.0104. The number of fused-ring (bicyclic) bond motifs is 3. The maximum atomic E-state index is 13.9. The predicted molar refractivity (Wildman–Crippen MR) is 159 cm³/mol. The fraction of sp³-hybridized carbons (Fsp3) is 0.500. The highest BCUT2D eigenvalue weighted by atomic mass is 16.2. The van der Waals surface area contributed by atoms with Gasteiger partial charge >= 0.3 is 0 Å². The number of hydrogen-bond acceptors (Lipinski definition) is 6. The number of rotatable bonds is 6. The molecule has 2 aromatic heterocycles. The van der Waals surface area contributed by atoms with Gasteiger partial charge in [0.2, 0.25) is 5.91 Å². The van der Waals surface area contributed by atoms with E-state index in [1.807, 2.05) is 73.0 Å². The first-order valence-corrected chi connectivity index (χ1v) is 14.7. The Bertz CT molecular complexity index is 1420. The van der Waals surface area contributed by atoms with E-state index in [0.29, 0.717) is 24.5 Å². The van der Waals surface area contributed by atoms with Crippen LogP contribution in [-0.4, -0.2) is 101 Å².